The molecule has 0 saturated carbocycles. The highest BCUT2D eigenvalue weighted by Gasteiger charge is 2.31. The first-order valence-corrected chi connectivity index (χ1v) is 10.6. The summed E-state index contributed by atoms with van der Waals surface area (Å²) in [7, 11) is 1.75. The molecule has 2 aromatic carbocycles. The van der Waals surface area contributed by atoms with Crippen molar-refractivity contribution in [2.45, 2.75) is 45.4 Å². The molecule has 2 heterocycles. The van der Waals surface area contributed by atoms with Crippen molar-refractivity contribution in [1.29, 1.82) is 5.26 Å². The first-order valence-electron chi connectivity index (χ1n) is 10.6. The number of piperidine rings is 1. The molecule has 4 rings (SSSR count). The first kappa shape index (κ1) is 20.5. The average molecular weight is 404 g/mol. The minimum Gasteiger partial charge on any atom is -0.496 e. The zero-order valence-corrected chi connectivity index (χ0v) is 17.9. The number of nitrogens with one attached hydrogen (secondary N) is 1. The summed E-state index contributed by atoms with van der Waals surface area (Å²) >= 11 is 0. The number of aromatic amines is 1. The molecule has 156 valence electrons. The van der Waals surface area contributed by atoms with E-state index >= 15 is 0 Å². The molecule has 0 bridgehead atoms. The van der Waals surface area contributed by atoms with Crippen LogP contribution in [0.4, 0.5) is 0 Å². The van der Waals surface area contributed by atoms with Crippen LogP contribution in [0.3, 0.4) is 0 Å². The molecule has 2 atom stereocenters. The number of hydrogen-bond donors (Lipinski definition) is 1. The molecule has 30 heavy (non-hydrogen) atoms. The molecule has 0 unspecified atom stereocenters. The highest BCUT2D eigenvalue weighted by atomic mass is 16.5. The van der Waals surface area contributed by atoms with Crippen molar-refractivity contribution in [1.82, 2.24) is 9.88 Å². The van der Waals surface area contributed by atoms with E-state index in [1.807, 2.05) is 18.3 Å². The Morgan fingerprint density at radius 2 is 2.03 bits per heavy atom. The molecule has 5 heteroatoms. The Morgan fingerprint density at radius 3 is 2.73 bits per heavy atom. The number of nitrogens with zero attached hydrogens (tertiary/aromatic N) is 2. The summed E-state index contributed by atoms with van der Waals surface area (Å²) in [6, 6.07) is 14.7. The molecular formula is C25H29N3O2. The summed E-state index contributed by atoms with van der Waals surface area (Å²) in [6.07, 6.45) is 4.23. The van der Waals surface area contributed by atoms with E-state index in [0.717, 1.165) is 38.3 Å². The van der Waals surface area contributed by atoms with Gasteiger partial charge in [0.15, 0.2) is 0 Å². The fourth-order valence-electron chi connectivity index (χ4n) is 4.67. The number of aryl methyl sites for hydroxylation is 1. The molecule has 1 aromatic heterocycles. The second-order valence-corrected chi connectivity index (χ2v) is 7.96. The van der Waals surface area contributed by atoms with Crippen LogP contribution in [0.2, 0.25) is 0 Å². The van der Waals surface area contributed by atoms with Gasteiger partial charge in [0.05, 0.1) is 24.8 Å². The van der Waals surface area contributed by atoms with Gasteiger partial charge in [0.25, 0.3) is 0 Å². The lowest BCUT2D eigenvalue weighted by molar-refractivity contribution is -0.0138. The van der Waals surface area contributed by atoms with Crippen LogP contribution in [0.25, 0.3) is 10.9 Å². The Morgan fingerprint density at radius 1 is 1.23 bits per heavy atom. The minimum absolute atomic E-state index is 0.239. The maximum atomic E-state index is 9.16. The third kappa shape index (κ3) is 3.94. The van der Waals surface area contributed by atoms with Gasteiger partial charge in [-0.05, 0) is 62.1 Å². The van der Waals surface area contributed by atoms with E-state index in [1.165, 1.54) is 27.6 Å². The Bertz CT molecular complexity index is 1050. The zero-order chi connectivity index (χ0) is 21.1. The van der Waals surface area contributed by atoms with E-state index in [2.05, 4.69) is 54.1 Å². The number of methoxy groups -OCH3 is 1. The topological polar surface area (TPSA) is 61.3 Å². The molecule has 1 aliphatic rings. The number of hydrogen-bond acceptors (Lipinski definition) is 4. The molecule has 1 N–H and O–H groups in total. The number of rotatable bonds is 6. The van der Waals surface area contributed by atoms with E-state index in [0.29, 0.717) is 5.56 Å². The summed E-state index contributed by atoms with van der Waals surface area (Å²) in [6.45, 7) is 6.67. The highest BCUT2D eigenvalue weighted by molar-refractivity contribution is 5.88. The van der Waals surface area contributed by atoms with Gasteiger partial charge in [0, 0.05) is 48.4 Å². The number of fused-ring (bicyclic) bond motifs is 1. The van der Waals surface area contributed by atoms with Crippen molar-refractivity contribution < 1.29 is 9.47 Å². The predicted octanol–water partition coefficient (Wildman–Crippen LogP) is 5.10. The summed E-state index contributed by atoms with van der Waals surface area (Å²) in [5, 5.41) is 10.4. The van der Waals surface area contributed by atoms with Gasteiger partial charge in [0.1, 0.15) is 5.75 Å². The summed E-state index contributed by atoms with van der Waals surface area (Å²) < 4.78 is 11.8. The molecular weight excluding hydrogens is 374 g/mol. The largest absolute Gasteiger partial charge is 0.496 e. The third-order valence-corrected chi connectivity index (χ3v) is 6.18. The maximum absolute atomic E-state index is 9.16. The molecule has 0 amide bonds. The van der Waals surface area contributed by atoms with Crippen LogP contribution in [0.5, 0.6) is 5.75 Å². The fourth-order valence-corrected chi connectivity index (χ4v) is 4.67. The minimum atomic E-state index is 0.239. The molecule has 3 aromatic rings. The zero-order valence-electron chi connectivity index (χ0n) is 17.9. The number of aromatic nitrogens is 1. The molecule has 5 nitrogen and oxygen atoms in total. The normalized spacial score (nSPS) is 19.7. The van der Waals surface area contributed by atoms with Crippen molar-refractivity contribution in [2.24, 2.45) is 0 Å². The van der Waals surface area contributed by atoms with Crippen LogP contribution >= 0.6 is 0 Å². The van der Waals surface area contributed by atoms with Crippen molar-refractivity contribution in [3.05, 3.63) is 64.8 Å². The van der Waals surface area contributed by atoms with Crippen molar-refractivity contribution in [2.75, 3.05) is 20.3 Å². The SMILES string of the molecule is CCO[C@H]1CCN(Cc2c(OC)cc(C)c3[nH]ccc23)[C@H](c2ccc(C#N)cc2)C1. The molecule has 0 radical (unpaired) electrons. The Balaban J connectivity index is 1.69. The Hall–Kier alpha value is -2.81. The smallest absolute Gasteiger partial charge is 0.124 e. The summed E-state index contributed by atoms with van der Waals surface area (Å²) in [5.74, 6) is 0.935. The van der Waals surface area contributed by atoms with Gasteiger partial charge < -0.3 is 14.5 Å². The monoisotopic (exact) mass is 403 g/mol. The number of H-pyrrole nitrogens is 1. The molecule has 1 saturated heterocycles. The lowest BCUT2D eigenvalue weighted by Crippen LogP contribution is -2.39. The van der Waals surface area contributed by atoms with E-state index in [1.54, 1.807) is 7.11 Å². The van der Waals surface area contributed by atoms with E-state index in [4.69, 9.17) is 14.7 Å². The highest BCUT2D eigenvalue weighted by Crippen LogP contribution is 2.37. The van der Waals surface area contributed by atoms with Crippen molar-refractivity contribution in [3.63, 3.8) is 0 Å². The van der Waals surface area contributed by atoms with E-state index in [9.17, 15) is 0 Å². The Kier molecular flexibility index (Phi) is 6.08. The number of nitriles is 1. The molecule has 0 aliphatic carbocycles. The second-order valence-electron chi connectivity index (χ2n) is 7.96. The summed E-state index contributed by atoms with van der Waals surface area (Å²) in [4.78, 5) is 5.90. The van der Waals surface area contributed by atoms with Crippen LogP contribution in [0, 0.1) is 18.3 Å². The van der Waals surface area contributed by atoms with E-state index in [-0.39, 0.29) is 12.1 Å². The van der Waals surface area contributed by atoms with Gasteiger partial charge in [-0.2, -0.15) is 5.26 Å². The quantitative estimate of drug-likeness (QED) is 0.622. The lowest BCUT2D eigenvalue weighted by Gasteiger charge is -2.40. The summed E-state index contributed by atoms with van der Waals surface area (Å²) in [5.41, 5.74) is 5.50. The van der Waals surface area contributed by atoms with Crippen LogP contribution < -0.4 is 4.74 Å². The first-order chi connectivity index (χ1) is 14.6. The van der Waals surface area contributed by atoms with Gasteiger partial charge in [-0.15, -0.1) is 0 Å². The van der Waals surface area contributed by atoms with Crippen LogP contribution in [-0.2, 0) is 11.3 Å². The van der Waals surface area contributed by atoms with Gasteiger partial charge >= 0.3 is 0 Å². The number of likely N-dealkylation sites (tertiary alicyclic amines) is 1. The van der Waals surface area contributed by atoms with Gasteiger partial charge in [0.2, 0.25) is 0 Å². The fraction of sp³-hybridized carbons (Fsp3) is 0.400. The standard InChI is InChI=1S/C25H29N3O2/c1-4-30-20-10-12-28(23(14-20)19-7-5-18(15-26)6-8-19)16-22-21-9-11-27-25(21)17(2)13-24(22)29-3/h5-9,11,13,20,23,27H,4,10,12,14,16H2,1-3H3/t20-,23-/m0/s1. The van der Waals surface area contributed by atoms with Crippen LogP contribution in [0.1, 0.15) is 48.1 Å². The molecule has 0 spiro atoms. The van der Waals surface area contributed by atoms with Gasteiger partial charge in [-0.25, -0.2) is 0 Å². The van der Waals surface area contributed by atoms with Crippen molar-refractivity contribution >= 4 is 10.9 Å². The Labute approximate surface area is 178 Å². The molecule has 1 fully saturated rings. The average Bonchev–Trinajstić information content (AvgIpc) is 3.27. The third-order valence-electron chi connectivity index (χ3n) is 6.18. The number of ether oxygens (including phenoxy) is 2. The van der Waals surface area contributed by atoms with Crippen LogP contribution in [0.15, 0.2) is 42.6 Å². The van der Waals surface area contributed by atoms with E-state index < -0.39 is 0 Å². The van der Waals surface area contributed by atoms with Gasteiger partial charge in [-0.3, -0.25) is 4.90 Å². The predicted molar refractivity (Wildman–Crippen MR) is 119 cm³/mol. The maximum Gasteiger partial charge on any atom is 0.124 e. The second kappa shape index (κ2) is 8.91. The van der Waals surface area contributed by atoms with Crippen LogP contribution in [-0.4, -0.2) is 36.2 Å². The van der Waals surface area contributed by atoms with Gasteiger partial charge in [-0.1, -0.05) is 12.1 Å². The number of benzene rings is 2. The molecule has 1 aliphatic heterocycles. The lowest BCUT2D eigenvalue weighted by atomic mass is 9.91. The van der Waals surface area contributed by atoms with Crippen molar-refractivity contribution in [3.8, 4) is 11.8 Å².